The number of carbonyl (C=O) groups excluding carboxylic acids is 1. The highest BCUT2D eigenvalue weighted by molar-refractivity contribution is 5.84. The summed E-state index contributed by atoms with van der Waals surface area (Å²) in [7, 11) is 0. The second-order valence-electron chi connectivity index (χ2n) is 4.69. The van der Waals surface area contributed by atoms with Crippen molar-refractivity contribution in [3.8, 4) is 0 Å². The van der Waals surface area contributed by atoms with E-state index in [0.29, 0.717) is 6.54 Å². The molecule has 0 spiro atoms. The van der Waals surface area contributed by atoms with Crippen LogP contribution in [0.3, 0.4) is 0 Å². The summed E-state index contributed by atoms with van der Waals surface area (Å²) in [6.45, 7) is 2.50. The number of amides is 1. The Morgan fingerprint density at radius 1 is 1.50 bits per heavy atom. The molecule has 2 heterocycles. The molecule has 1 amide bonds. The highest BCUT2D eigenvalue weighted by Gasteiger charge is 2.36. The number of nitrogens with zero attached hydrogens (tertiary/aromatic N) is 3. The summed E-state index contributed by atoms with van der Waals surface area (Å²) in [5, 5.41) is 13.2. The largest absolute Gasteiger partial charge is 0.480 e. The number of aromatic nitrogens is 2. The van der Waals surface area contributed by atoms with Gasteiger partial charge in [0.1, 0.15) is 12.6 Å². The Bertz CT molecular complexity index is 430. The highest BCUT2D eigenvalue weighted by atomic mass is 16.4. The molecule has 2 unspecified atom stereocenters. The van der Waals surface area contributed by atoms with Crippen molar-refractivity contribution in [1.29, 1.82) is 0 Å². The lowest BCUT2D eigenvalue weighted by Gasteiger charge is -2.37. The van der Waals surface area contributed by atoms with E-state index in [1.165, 1.54) is 9.58 Å². The first-order valence-corrected chi connectivity index (χ1v) is 6.09. The molecule has 0 aliphatic carbocycles. The first-order valence-electron chi connectivity index (χ1n) is 6.09. The van der Waals surface area contributed by atoms with Crippen molar-refractivity contribution < 1.29 is 14.7 Å². The minimum absolute atomic E-state index is 0.00202. The number of piperidine rings is 1. The molecule has 1 aliphatic heterocycles. The van der Waals surface area contributed by atoms with Crippen LogP contribution >= 0.6 is 0 Å². The van der Waals surface area contributed by atoms with Crippen LogP contribution < -0.4 is 0 Å². The van der Waals surface area contributed by atoms with Crippen molar-refractivity contribution in [2.75, 3.05) is 6.54 Å². The van der Waals surface area contributed by atoms with Gasteiger partial charge in [0.2, 0.25) is 5.91 Å². The van der Waals surface area contributed by atoms with Crippen LogP contribution in [-0.2, 0) is 16.1 Å². The Labute approximate surface area is 105 Å². The van der Waals surface area contributed by atoms with E-state index >= 15 is 0 Å². The lowest BCUT2D eigenvalue weighted by atomic mass is 9.91. The van der Waals surface area contributed by atoms with Gasteiger partial charge in [0.05, 0.1) is 0 Å². The number of carboxylic acid groups (broad SMARTS) is 1. The maximum atomic E-state index is 12.1. The molecule has 1 saturated heterocycles. The molecule has 1 aromatic heterocycles. The van der Waals surface area contributed by atoms with Crippen molar-refractivity contribution in [1.82, 2.24) is 14.7 Å². The molecule has 0 radical (unpaired) electrons. The summed E-state index contributed by atoms with van der Waals surface area (Å²) in [5.41, 5.74) is 0. The molecule has 6 heteroatoms. The van der Waals surface area contributed by atoms with Crippen LogP contribution in [0.2, 0.25) is 0 Å². The monoisotopic (exact) mass is 251 g/mol. The third-order valence-corrected chi connectivity index (χ3v) is 3.36. The van der Waals surface area contributed by atoms with E-state index < -0.39 is 12.0 Å². The fourth-order valence-corrected chi connectivity index (χ4v) is 2.47. The third-order valence-electron chi connectivity index (χ3n) is 3.36. The van der Waals surface area contributed by atoms with Crippen LogP contribution in [0, 0.1) is 5.92 Å². The van der Waals surface area contributed by atoms with Crippen LogP contribution in [0.25, 0.3) is 0 Å². The quantitative estimate of drug-likeness (QED) is 0.853. The van der Waals surface area contributed by atoms with Gasteiger partial charge in [-0.1, -0.05) is 6.92 Å². The van der Waals surface area contributed by atoms with E-state index in [1.54, 1.807) is 18.5 Å². The predicted octanol–water partition coefficient (Wildman–Crippen LogP) is 0.595. The first-order chi connectivity index (χ1) is 8.59. The molecule has 98 valence electrons. The van der Waals surface area contributed by atoms with Crippen molar-refractivity contribution >= 4 is 11.9 Å². The fourth-order valence-electron chi connectivity index (χ4n) is 2.47. The van der Waals surface area contributed by atoms with Crippen LogP contribution in [0.4, 0.5) is 0 Å². The zero-order valence-corrected chi connectivity index (χ0v) is 10.3. The van der Waals surface area contributed by atoms with Crippen molar-refractivity contribution in [2.24, 2.45) is 5.92 Å². The van der Waals surface area contributed by atoms with E-state index in [-0.39, 0.29) is 18.4 Å². The molecule has 1 fully saturated rings. The average molecular weight is 251 g/mol. The van der Waals surface area contributed by atoms with E-state index in [4.69, 9.17) is 0 Å². The third kappa shape index (κ3) is 2.52. The minimum Gasteiger partial charge on any atom is -0.480 e. The number of carbonyl (C=O) groups is 2. The van der Waals surface area contributed by atoms with Crippen LogP contribution in [0.1, 0.15) is 19.8 Å². The van der Waals surface area contributed by atoms with Crippen LogP contribution in [0.5, 0.6) is 0 Å². The standard InChI is InChI=1S/C12H17N3O3/c1-9-4-2-7-15(11(9)12(17)18)10(16)8-14-6-3-5-13-14/h3,5-6,9,11H,2,4,7-8H2,1H3,(H,17,18). The number of hydrogen-bond donors (Lipinski definition) is 1. The fraction of sp³-hybridized carbons (Fsp3) is 0.583. The molecule has 2 atom stereocenters. The minimum atomic E-state index is -0.920. The number of likely N-dealkylation sites (tertiary alicyclic amines) is 1. The maximum absolute atomic E-state index is 12.1. The Morgan fingerprint density at radius 3 is 2.89 bits per heavy atom. The molecule has 6 nitrogen and oxygen atoms in total. The van der Waals surface area contributed by atoms with Crippen molar-refractivity contribution in [3.63, 3.8) is 0 Å². The normalized spacial score (nSPS) is 23.9. The number of carboxylic acids is 1. The van der Waals surface area contributed by atoms with Crippen molar-refractivity contribution in [2.45, 2.75) is 32.4 Å². The number of hydrogen-bond acceptors (Lipinski definition) is 3. The molecule has 1 aromatic rings. The van der Waals surface area contributed by atoms with E-state index in [2.05, 4.69) is 5.10 Å². The van der Waals surface area contributed by atoms with Crippen LogP contribution in [-0.4, -0.2) is 44.3 Å². The van der Waals surface area contributed by atoms with Gasteiger partial charge in [-0.15, -0.1) is 0 Å². The van der Waals surface area contributed by atoms with Gasteiger partial charge in [-0.2, -0.15) is 5.10 Å². The van der Waals surface area contributed by atoms with Crippen LogP contribution in [0.15, 0.2) is 18.5 Å². The summed E-state index contributed by atoms with van der Waals surface area (Å²) < 4.78 is 1.51. The lowest BCUT2D eigenvalue weighted by Crippen LogP contribution is -2.52. The van der Waals surface area contributed by atoms with Gasteiger partial charge in [-0.3, -0.25) is 9.48 Å². The second kappa shape index (κ2) is 5.20. The Hall–Kier alpha value is -1.85. The van der Waals surface area contributed by atoms with Gasteiger partial charge >= 0.3 is 5.97 Å². The summed E-state index contributed by atoms with van der Waals surface area (Å²) in [6.07, 6.45) is 5.00. The predicted molar refractivity (Wildman–Crippen MR) is 63.8 cm³/mol. The van der Waals surface area contributed by atoms with Gasteiger partial charge in [-0.05, 0) is 24.8 Å². The van der Waals surface area contributed by atoms with Crippen molar-refractivity contribution in [3.05, 3.63) is 18.5 Å². The number of rotatable bonds is 3. The molecule has 0 bridgehead atoms. The topological polar surface area (TPSA) is 75.4 Å². The van der Waals surface area contributed by atoms with E-state index in [0.717, 1.165) is 12.8 Å². The average Bonchev–Trinajstić information content (AvgIpc) is 2.80. The maximum Gasteiger partial charge on any atom is 0.326 e. The highest BCUT2D eigenvalue weighted by Crippen LogP contribution is 2.23. The summed E-state index contributed by atoms with van der Waals surface area (Å²) in [6, 6.07) is 1.03. The Morgan fingerprint density at radius 2 is 2.28 bits per heavy atom. The van der Waals surface area contributed by atoms with E-state index in [1.807, 2.05) is 6.92 Å². The SMILES string of the molecule is CC1CCCN(C(=O)Cn2cccn2)C1C(=O)O. The van der Waals surface area contributed by atoms with Gasteiger partial charge in [0, 0.05) is 18.9 Å². The summed E-state index contributed by atoms with van der Waals surface area (Å²) >= 11 is 0. The molecule has 18 heavy (non-hydrogen) atoms. The van der Waals surface area contributed by atoms with Gasteiger partial charge < -0.3 is 10.0 Å². The second-order valence-corrected chi connectivity index (χ2v) is 4.69. The Kier molecular flexibility index (Phi) is 3.64. The molecule has 1 N–H and O–H groups in total. The first kappa shape index (κ1) is 12.6. The van der Waals surface area contributed by atoms with Gasteiger partial charge in [0.25, 0.3) is 0 Å². The molecular weight excluding hydrogens is 234 g/mol. The number of aliphatic carboxylic acids is 1. The smallest absolute Gasteiger partial charge is 0.326 e. The molecule has 1 aliphatic rings. The summed E-state index contributed by atoms with van der Waals surface area (Å²) in [4.78, 5) is 24.9. The summed E-state index contributed by atoms with van der Waals surface area (Å²) in [5.74, 6) is -1.11. The van der Waals surface area contributed by atoms with Gasteiger partial charge in [-0.25, -0.2) is 4.79 Å². The Balaban J connectivity index is 2.09. The molecule has 0 saturated carbocycles. The lowest BCUT2D eigenvalue weighted by molar-refractivity contribution is -0.155. The molecule has 2 rings (SSSR count). The zero-order chi connectivity index (χ0) is 13.1. The van der Waals surface area contributed by atoms with Gasteiger partial charge in [0.15, 0.2) is 0 Å². The molecular formula is C12H17N3O3. The zero-order valence-electron chi connectivity index (χ0n) is 10.3. The van der Waals surface area contributed by atoms with E-state index in [9.17, 15) is 14.7 Å². The molecule has 0 aromatic carbocycles.